The Kier molecular flexibility index (Phi) is 2.90. The molecule has 102 valence electrons. The van der Waals surface area contributed by atoms with Crippen LogP contribution in [0.25, 0.3) is 0 Å². The van der Waals surface area contributed by atoms with Crippen LogP contribution in [0.2, 0.25) is 0 Å². The highest BCUT2D eigenvalue weighted by Gasteiger charge is 2.49. The van der Waals surface area contributed by atoms with E-state index in [1.165, 1.54) is 32.1 Å². The number of nitrogens with two attached hydrogens (primary N) is 1. The first-order valence-electron chi connectivity index (χ1n) is 7.28. The van der Waals surface area contributed by atoms with Crippen molar-refractivity contribution in [1.82, 2.24) is 10.7 Å². The standard InChI is InChI=1S/C14H25N3O/c1-14(2,17-15)13(18)16-12-10-4-8-3-9(6-10)7-11(12)5-8/h8-12,17H,3-7,15H2,1-2H3,(H,16,18). The average Bonchev–Trinajstić information content (AvgIpc) is 2.32. The Hall–Kier alpha value is -0.610. The van der Waals surface area contributed by atoms with Crippen LogP contribution >= 0.6 is 0 Å². The lowest BCUT2D eigenvalue weighted by Crippen LogP contribution is -2.62. The third-order valence-corrected chi connectivity index (χ3v) is 5.45. The summed E-state index contributed by atoms with van der Waals surface area (Å²) in [5, 5.41) is 3.27. The molecule has 0 atom stereocenters. The Bertz CT molecular complexity index is 325. The van der Waals surface area contributed by atoms with Crippen molar-refractivity contribution in [1.29, 1.82) is 0 Å². The minimum absolute atomic E-state index is 0.0440. The van der Waals surface area contributed by atoms with Crippen molar-refractivity contribution in [3.8, 4) is 0 Å². The van der Waals surface area contributed by atoms with Gasteiger partial charge in [-0.25, -0.2) is 5.43 Å². The SMILES string of the molecule is CC(C)(NN)C(=O)NC1C2CC3CC(C2)CC1C3. The number of carbonyl (C=O) groups is 1. The molecule has 0 aromatic rings. The molecule has 0 saturated heterocycles. The minimum atomic E-state index is -0.672. The van der Waals surface area contributed by atoms with Crippen LogP contribution in [0.5, 0.6) is 0 Å². The maximum Gasteiger partial charge on any atom is 0.241 e. The molecule has 4 saturated carbocycles. The van der Waals surface area contributed by atoms with Crippen molar-refractivity contribution in [2.24, 2.45) is 29.5 Å². The zero-order chi connectivity index (χ0) is 12.9. The van der Waals surface area contributed by atoms with Crippen LogP contribution in [0, 0.1) is 23.7 Å². The molecule has 4 aliphatic carbocycles. The molecule has 0 spiro atoms. The number of hydrazine groups is 1. The predicted octanol–water partition coefficient (Wildman–Crippen LogP) is 1.17. The van der Waals surface area contributed by atoms with Gasteiger partial charge < -0.3 is 5.32 Å². The molecule has 4 heteroatoms. The van der Waals surface area contributed by atoms with E-state index < -0.39 is 5.54 Å². The maximum atomic E-state index is 12.2. The Morgan fingerprint density at radius 3 is 2.00 bits per heavy atom. The largest absolute Gasteiger partial charge is 0.351 e. The molecule has 1 amide bonds. The summed E-state index contributed by atoms with van der Waals surface area (Å²) in [7, 11) is 0. The number of carbonyl (C=O) groups excluding carboxylic acids is 1. The third kappa shape index (κ3) is 1.95. The first-order chi connectivity index (χ1) is 8.49. The van der Waals surface area contributed by atoms with Crippen LogP contribution in [0.4, 0.5) is 0 Å². The number of amides is 1. The topological polar surface area (TPSA) is 67.1 Å². The quantitative estimate of drug-likeness (QED) is 0.521. The fraction of sp³-hybridized carbons (Fsp3) is 0.929. The van der Waals surface area contributed by atoms with E-state index in [-0.39, 0.29) is 5.91 Å². The second kappa shape index (κ2) is 4.20. The Morgan fingerprint density at radius 2 is 1.56 bits per heavy atom. The summed E-state index contributed by atoms with van der Waals surface area (Å²) >= 11 is 0. The van der Waals surface area contributed by atoms with E-state index >= 15 is 0 Å². The number of nitrogens with one attached hydrogen (secondary N) is 2. The van der Waals surface area contributed by atoms with Crippen molar-refractivity contribution in [2.45, 2.75) is 57.5 Å². The molecule has 0 aromatic heterocycles. The minimum Gasteiger partial charge on any atom is -0.351 e. The van der Waals surface area contributed by atoms with Gasteiger partial charge in [-0.05, 0) is 69.6 Å². The highest BCUT2D eigenvalue weighted by atomic mass is 16.2. The molecular formula is C14H25N3O. The van der Waals surface area contributed by atoms with Crippen molar-refractivity contribution in [3.63, 3.8) is 0 Å². The van der Waals surface area contributed by atoms with Gasteiger partial charge in [0.2, 0.25) is 5.91 Å². The normalized spacial score (nSPS) is 42.1. The summed E-state index contributed by atoms with van der Waals surface area (Å²) < 4.78 is 0. The fourth-order valence-electron chi connectivity index (χ4n) is 4.56. The molecular weight excluding hydrogens is 226 g/mol. The average molecular weight is 251 g/mol. The summed E-state index contributed by atoms with van der Waals surface area (Å²) in [5.41, 5.74) is 1.93. The van der Waals surface area contributed by atoms with Gasteiger partial charge in [0.05, 0.1) is 0 Å². The summed E-state index contributed by atoms with van der Waals surface area (Å²) in [6.07, 6.45) is 6.76. The van der Waals surface area contributed by atoms with Crippen molar-refractivity contribution >= 4 is 5.91 Å². The lowest BCUT2D eigenvalue weighted by Gasteiger charge is -2.54. The molecule has 0 heterocycles. The lowest BCUT2D eigenvalue weighted by atomic mass is 9.54. The summed E-state index contributed by atoms with van der Waals surface area (Å²) in [5.74, 6) is 8.82. The van der Waals surface area contributed by atoms with Gasteiger partial charge >= 0.3 is 0 Å². The van der Waals surface area contributed by atoms with E-state index in [4.69, 9.17) is 5.84 Å². The van der Waals surface area contributed by atoms with Gasteiger partial charge in [0.15, 0.2) is 0 Å². The van der Waals surface area contributed by atoms with Gasteiger partial charge in [-0.2, -0.15) is 0 Å². The smallest absolute Gasteiger partial charge is 0.241 e. The van der Waals surface area contributed by atoms with Gasteiger partial charge in [-0.1, -0.05) is 0 Å². The first kappa shape index (κ1) is 12.4. The molecule has 4 fully saturated rings. The molecule has 0 radical (unpaired) electrons. The molecule has 4 aliphatic rings. The van der Waals surface area contributed by atoms with Crippen LogP contribution in [0.15, 0.2) is 0 Å². The Morgan fingerprint density at radius 1 is 1.06 bits per heavy atom. The van der Waals surface area contributed by atoms with E-state index in [0.29, 0.717) is 6.04 Å². The second-order valence-electron chi connectivity index (χ2n) is 7.20. The molecule has 0 aliphatic heterocycles. The highest BCUT2D eigenvalue weighted by Crippen LogP contribution is 2.53. The van der Waals surface area contributed by atoms with Gasteiger partial charge in [0.25, 0.3) is 0 Å². The number of rotatable bonds is 3. The summed E-state index contributed by atoms with van der Waals surface area (Å²) in [4.78, 5) is 12.2. The second-order valence-corrected chi connectivity index (χ2v) is 7.20. The summed E-state index contributed by atoms with van der Waals surface area (Å²) in [6, 6.07) is 0.401. The Balaban J connectivity index is 1.69. The van der Waals surface area contributed by atoms with Crippen molar-refractivity contribution in [2.75, 3.05) is 0 Å². The van der Waals surface area contributed by atoms with Gasteiger partial charge in [-0.15, -0.1) is 0 Å². The van der Waals surface area contributed by atoms with Crippen LogP contribution in [0.1, 0.15) is 46.0 Å². The molecule has 18 heavy (non-hydrogen) atoms. The van der Waals surface area contributed by atoms with E-state index in [1.54, 1.807) is 0 Å². The molecule has 4 N–H and O–H groups in total. The fourth-order valence-corrected chi connectivity index (χ4v) is 4.56. The van der Waals surface area contributed by atoms with Crippen molar-refractivity contribution in [3.05, 3.63) is 0 Å². The third-order valence-electron chi connectivity index (χ3n) is 5.45. The number of hydrogen-bond acceptors (Lipinski definition) is 3. The lowest BCUT2D eigenvalue weighted by molar-refractivity contribution is -0.130. The highest BCUT2D eigenvalue weighted by molar-refractivity contribution is 5.85. The molecule has 0 unspecified atom stereocenters. The van der Waals surface area contributed by atoms with Crippen LogP contribution in [-0.2, 0) is 4.79 Å². The van der Waals surface area contributed by atoms with E-state index in [0.717, 1.165) is 23.7 Å². The predicted molar refractivity (Wildman–Crippen MR) is 70.4 cm³/mol. The Labute approximate surface area is 109 Å². The molecule has 4 nitrogen and oxygen atoms in total. The number of hydrogen-bond donors (Lipinski definition) is 3. The molecule has 4 rings (SSSR count). The van der Waals surface area contributed by atoms with Gasteiger partial charge in [0, 0.05) is 6.04 Å². The van der Waals surface area contributed by atoms with Gasteiger partial charge in [-0.3, -0.25) is 10.6 Å². The summed E-state index contributed by atoms with van der Waals surface area (Å²) in [6.45, 7) is 3.66. The molecule has 0 aromatic carbocycles. The monoisotopic (exact) mass is 251 g/mol. The van der Waals surface area contributed by atoms with Crippen LogP contribution in [0.3, 0.4) is 0 Å². The zero-order valence-electron chi connectivity index (χ0n) is 11.4. The van der Waals surface area contributed by atoms with E-state index in [9.17, 15) is 4.79 Å². The van der Waals surface area contributed by atoms with Crippen molar-refractivity contribution < 1.29 is 4.79 Å². The van der Waals surface area contributed by atoms with E-state index in [2.05, 4.69) is 10.7 Å². The van der Waals surface area contributed by atoms with Crippen LogP contribution in [-0.4, -0.2) is 17.5 Å². The molecule has 4 bridgehead atoms. The van der Waals surface area contributed by atoms with Gasteiger partial charge in [0.1, 0.15) is 5.54 Å². The first-order valence-corrected chi connectivity index (χ1v) is 7.28. The van der Waals surface area contributed by atoms with Crippen LogP contribution < -0.4 is 16.6 Å². The maximum absolute atomic E-state index is 12.2. The zero-order valence-corrected chi connectivity index (χ0v) is 11.4. The van der Waals surface area contributed by atoms with E-state index in [1.807, 2.05) is 13.8 Å².